The molecule has 1 fully saturated rings. The van der Waals surface area contributed by atoms with Gasteiger partial charge in [0.15, 0.2) is 0 Å². The molecule has 1 aliphatic rings. The molecule has 98 valence electrons. The van der Waals surface area contributed by atoms with Crippen LogP contribution in [0.25, 0.3) is 0 Å². The average Bonchev–Trinajstić information content (AvgIpc) is 2.37. The Bertz CT molecular complexity index is 422. The summed E-state index contributed by atoms with van der Waals surface area (Å²) in [5.41, 5.74) is 0.394. The van der Waals surface area contributed by atoms with Gasteiger partial charge in [0.05, 0.1) is 0 Å². The predicted molar refractivity (Wildman–Crippen MR) is 72.7 cm³/mol. The van der Waals surface area contributed by atoms with Crippen LogP contribution in [0, 0.1) is 11.8 Å². The van der Waals surface area contributed by atoms with Gasteiger partial charge in [-0.15, -0.1) is 0 Å². The minimum atomic E-state index is -0.129. The van der Waals surface area contributed by atoms with Gasteiger partial charge >= 0.3 is 0 Å². The predicted octanol–water partition coefficient (Wildman–Crippen LogP) is 3.29. The van der Waals surface area contributed by atoms with Gasteiger partial charge in [0, 0.05) is 17.8 Å². The first-order valence-corrected chi connectivity index (χ1v) is 6.94. The fourth-order valence-electron chi connectivity index (χ4n) is 2.54. The number of amides is 1. The molecule has 2 unspecified atom stereocenters. The largest absolute Gasteiger partial charge is 0.350 e. The number of nitrogens with one attached hydrogen (secondary N) is 1. The Kier molecular flexibility index (Phi) is 4.59. The summed E-state index contributed by atoms with van der Waals surface area (Å²) in [4.78, 5) is 15.9. The van der Waals surface area contributed by atoms with Crippen LogP contribution in [0.4, 0.5) is 0 Å². The number of halogens is 1. The van der Waals surface area contributed by atoms with Crippen molar-refractivity contribution in [3.63, 3.8) is 0 Å². The zero-order valence-electron chi connectivity index (χ0n) is 10.7. The number of hydrogen-bond donors (Lipinski definition) is 1. The Morgan fingerprint density at radius 1 is 1.50 bits per heavy atom. The third-order valence-corrected chi connectivity index (χ3v) is 4.00. The van der Waals surface area contributed by atoms with Gasteiger partial charge in [0.25, 0.3) is 5.91 Å². The van der Waals surface area contributed by atoms with Crippen molar-refractivity contribution in [3.05, 3.63) is 29.0 Å². The molecule has 1 aromatic rings. The second kappa shape index (κ2) is 6.19. The molecule has 2 rings (SSSR count). The summed E-state index contributed by atoms with van der Waals surface area (Å²) >= 11 is 5.84. The molecule has 0 radical (unpaired) electrons. The Hall–Kier alpha value is -1.09. The number of hydrogen-bond acceptors (Lipinski definition) is 2. The van der Waals surface area contributed by atoms with Gasteiger partial charge in [0.1, 0.15) is 5.69 Å². The summed E-state index contributed by atoms with van der Waals surface area (Å²) < 4.78 is 0. The van der Waals surface area contributed by atoms with Crippen molar-refractivity contribution in [1.29, 1.82) is 0 Å². The molecule has 3 nitrogen and oxygen atoms in total. The van der Waals surface area contributed by atoms with Crippen molar-refractivity contribution in [3.8, 4) is 0 Å². The Labute approximate surface area is 113 Å². The van der Waals surface area contributed by atoms with E-state index < -0.39 is 0 Å². The molecule has 1 aliphatic carbocycles. The summed E-state index contributed by atoms with van der Waals surface area (Å²) in [5, 5.41) is 3.51. The van der Waals surface area contributed by atoms with Crippen LogP contribution in [0.2, 0.25) is 5.02 Å². The topological polar surface area (TPSA) is 42.0 Å². The van der Waals surface area contributed by atoms with E-state index in [1.54, 1.807) is 18.3 Å². The van der Waals surface area contributed by atoms with Gasteiger partial charge in [-0.05, 0) is 30.4 Å². The molecule has 1 amide bonds. The zero-order valence-corrected chi connectivity index (χ0v) is 11.4. The lowest BCUT2D eigenvalue weighted by Gasteiger charge is -2.28. The van der Waals surface area contributed by atoms with Crippen LogP contribution < -0.4 is 5.32 Å². The van der Waals surface area contributed by atoms with Crippen molar-refractivity contribution >= 4 is 17.5 Å². The molecule has 0 bridgehead atoms. The standard InChI is InChI=1S/C14H19ClN2O/c1-10-4-2-3-5-11(10)9-17-14(18)13-8-12(15)6-7-16-13/h6-8,10-11H,2-5,9H2,1H3,(H,17,18). The number of carbonyl (C=O) groups is 1. The van der Waals surface area contributed by atoms with Crippen molar-refractivity contribution in [1.82, 2.24) is 10.3 Å². The quantitative estimate of drug-likeness (QED) is 0.912. The van der Waals surface area contributed by atoms with Crippen molar-refractivity contribution < 1.29 is 4.79 Å². The van der Waals surface area contributed by atoms with Crippen molar-refractivity contribution in [2.24, 2.45) is 11.8 Å². The minimum Gasteiger partial charge on any atom is -0.350 e. The fourth-order valence-corrected chi connectivity index (χ4v) is 2.70. The minimum absolute atomic E-state index is 0.129. The number of pyridine rings is 1. The molecule has 1 N–H and O–H groups in total. The molecule has 4 heteroatoms. The van der Waals surface area contributed by atoms with E-state index in [0.717, 1.165) is 6.54 Å². The first-order chi connectivity index (χ1) is 8.66. The first-order valence-electron chi connectivity index (χ1n) is 6.56. The van der Waals surface area contributed by atoms with E-state index in [9.17, 15) is 4.79 Å². The summed E-state index contributed by atoms with van der Waals surface area (Å²) in [7, 11) is 0. The fraction of sp³-hybridized carbons (Fsp3) is 0.571. The van der Waals surface area contributed by atoms with Crippen LogP contribution >= 0.6 is 11.6 Å². The van der Waals surface area contributed by atoms with E-state index >= 15 is 0 Å². The van der Waals surface area contributed by atoms with Gasteiger partial charge < -0.3 is 5.32 Å². The van der Waals surface area contributed by atoms with E-state index in [-0.39, 0.29) is 5.91 Å². The molecule has 1 heterocycles. The van der Waals surface area contributed by atoms with E-state index in [1.165, 1.54) is 25.7 Å². The van der Waals surface area contributed by atoms with E-state index in [4.69, 9.17) is 11.6 Å². The number of nitrogens with zero attached hydrogens (tertiary/aromatic N) is 1. The smallest absolute Gasteiger partial charge is 0.269 e. The van der Waals surface area contributed by atoms with Gasteiger partial charge in [-0.1, -0.05) is 37.8 Å². The molecular weight excluding hydrogens is 248 g/mol. The molecular formula is C14H19ClN2O. The summed E-state index contributed by atoms with van der Waals surface area (Å²) in [6.45, 7) is 3.02. The van der Waals surface area contributed by atoms with Gasteiger partial charge in [-0.2, -0.15) is 0 Å². The maximum Gasteiger partial charge on any atom is 0.269 e. The Morgan fingerprint density at radius 3 is 3.00 bits per heavy atom. The Morgan fingerprint density at radius 2 is 2.28 bits per heavy atom. The van der Waals surface area contributed by atoms with E-state index in [2.05, 4.69) is 17.2 Å². The third-order valence-electron chi connectivity index (χ3n) is 3.77. The maximum atomic E-state index is 11.9. The van der Waals surface area contributed by atoms with Crippen molar-refractivity contribution in [2.45, 2.75) is 32.6 Å². The number of rotatable bonds is 3. The van der Waals surface area contributed by atoms with Crippen LogP contribution in [-0.4, -0.2) is 17.4 Å². The molecule has 0 saturated heterocycles. The monoisotopic (exact) mass is 266 g/mol. The molecule has 18 heavy (non-hydrogen) atoms. The van der Waals surface area contributed by atoms with Gasteiger partial charge in [0.2, 0.25) is 0 Å². The highest BCUT2D eigenvalue weighted by molar-refractivity contribution is 6.30. The highest BCUT2D eigenvalue weighted by Gasteiger charge is 2.21. The van der Waals surface area contributed by atoms with Crippen LogP contribution in [0.5, 0.6) is 0 Å². The maximum absolute atomic E-state index is 11.9. The van der Waals surface area contributed by atoms with Gasteiger partial charge in [-0.25, -0.2) is 0 Å². The average molecular weight is 267 g/mol. The van der Waals surface area contributed by atoms with Crippen LogP contribution in [0.1, 0.15) is 43.1 Å². The SMILES string of the molecule is CC1CCCCC1CNC(=O)c1cc(Cl)ccn1. The zero-order chi connectivity index (χ0) is 13.0. The lowest BCUT2D eigenvalue weighted by atomic mass is 9.80. The van der Waals surface area contributed by atoms with E-state index in [1.807, 2.05) is 0 Å². The van der Waals surface area contributed by atoms with Gasteiger partial charge in [-0.3, -0.25) is 9.78 Å². The second-order valence-corrected chi connectivity index (χ2v) is 5.53. The third kappa shape index (κ3) is 3.45. The lowest BCUT2D eigenvalue weighted by molar-refractivity contribution is 0.0931. The van der Waals surface area contributed by atoms with Crippen molar-refractivity contribution in [2.75, 3.05) is 6.54 Å². The first kappa shape index (κ1) is 13.3. The summed E-state index contributed by atoms with van der Waals surface area (Å²) in [6.07, 6.45) is 6.64. The molecule has 0 spiro atoms. The molecule has 0 aliphatic heterocycles. The molecule has 1 aromatic heterocycles. The van der Waals surface area contributed by atoms with Crippen LogP contribution in [-0.2, 0) is 0 Å². The Balaban J connectivity index is 1.88. The van der Waals surface area contributed by atoms with E-state index in [0.29, 0.717) is 22.6 Å². The molecule has 2 atom stereocenters. The summed E-state index contributed by atoms with van der Waals surface area (Å²) in [5.74, 6) is 1.17. The normalized spacial score (nSPS) is 23.7. The highest BCUT2D eigenvalue weighted by atomic mass is 35.5. The lowest BCUT2D eigenvalue weighted by Crippen LogP contribution is -2.33. The molecule has 1 saturated carbocycles. The van der Waals surface area contributed by atoms with Crippen LogP contribution in [0.3, 0.4) is 0 Å². The number of aromatic nitrogens is 1. The number of carbonyl (C=O) groups excluding carboxylic acids is 1. The molecule has 0 aromatic carbocycles. The van der Waals surface area contributed by atoms with Crippen LogP contribution in [0.15, 0.2) is 18.3 Å². The second-order valence-electron chi connectivity index (χ2n) is 5.09. The highest BCUT2D eigenvalue weighted by Crippen LogP contribution is 2.28. The summed E-state index contributed by atoms with van der Waals surface area (Å²) in [6, 6.07) is 3.27.